The van der Waals surface area contributed by atoms with Crippen molar-refractivity contribution in [2.75, 3.05) is 0 Å². The molecule has 0 saturated carbocycles. The lowest BCUT2D eigenvalue weighted by atomic mass is 9.79. The lowest BCUT2D eigenvalue weighted by Gasteiger charge is -2.30. The van der Waals surface area contributed by atoms with Crippen molar-refractivity contribution in [2.24, 2.45) is 0 Å². The van der Waals surface area contributed by atoms with E-state index in [2.05, 4.69) is 83.1 Å². The van der Waals surface area contributed by atoms with Gasteiger partial charge in [0.1, 0.15) is 11.5 Å². The molecular formula is C29H42O3. The minimum atomic E-state index is -0.700. The molecule has 0 atom stereocenters. The molecule has 2 rings (SSSR count). The molecule has 0 bridgehead atoms. The van der Waals surface area contributed by atoms with Gasteiger partial charge in [-0.1, -0.05) is 119 Å². The highest BCUT2D eigenvalue weighted by Gasteiger charge is 2.31. The molecule has 3 nitrogen and oxygen atoms in total. The smallest absolute Gasteiger partial charge is 0.394 e. The third-order valence-electron chi connectivity index (χ3n) is 5.63. The Morgan fingerprint density at radius 1 is 0.500 bits per heavy atom. The summed E-state index contributed by atoms with van der Waals surface area (Å²) < 4.78 is 12.0. The largest absolute Gasteiger partial charge is 0.519 e. The van der Waals surface area contributed by atoms with Gasteiger partial charge in [-0.25, -0.2) is 4.79 Å². The molecule has 0 amide bonds. The summed E-state index contributed by atoms with van der Waals surface area (Å²) in [7, 11) is 0. The van der Waals surface area contributed by atoms with Gasteiger partial charge in [0, 0.05) is 22.3 Å². The van der Waals surface area contributed by atoms with Gasteiger partial charge in [0.2, 0.25) is 0 Å². The standard InChI is InChI=1S/C29H42O3/c1-26(2,3)19-15-13-16-20(27(4,5)6)23(19)31-25(30)32-24-21(28(7,8)9)17-14-18-22(24)29(10,11)12/h13-18H,1-12H3. The van der Waals surface area contributed by atoms with E-state index >= 15 is 0 Å². The van der Waals surface area contributed by atoms with Crippen LogP contribution in [0.5, 0.6) is 11.5 Å². The Balaban J connectivity index is 2.58. The predicted octanol–water partition coefficient (Wildman–Crippen LogP) is 8.45. The fraction of sp³-hybridized carbons (Fsp3) is 0.552. The van der Waals surface area contributed by atoms with Crippen molar-refractivity contribution in [1.82, 2.24) is 0 Å². The fourth-order valence-electron chi connectivity index (χ4n) is 3.84. The minimum absolute atomic E-state index is 0.184. The van der Waals surface area contributed by atoms with Crippen LogP contribution in [0, 0.1) is 0 Å². The van der Waals surface area contributed by atoms with Gasteiger partial charge < -0.3 is 9.47 Å². The second-order valence-electron chi connectivity index (χ2n) is 12.8. The van der Waals surface area contributed by atoms with Crippen molar-refractivity contribution < 1.29 is 14.3 Å². The second-order valence-corrected chi connectivity index (χ2v) is 12.8. The summed E-state index contributed by atoms with van der Waals surface area (Å²) in [6.45, 7) is 25.5. The van der Waals surface area contributed by atoms with E-state index in [0.717, 1.165) is 22.3 Å². The SMILES string of the molecule is CC(C)(C)c1cccc(C(C)(C)C)c1OC(=O)Oc1c(C(C)(C)C)cccc1C(C)(C)C. The molecule has 0 aliphatic rings. The predicted molar refractivity (Wildman–Crippen MR) is 134 cm³/mol. The van der Waals surface area contributed by atoms with Gasteiger partial charge in [-0.05, 0) is 21.7 Å². The summed E-state index contributed by atoms with van der Waals surface area (Å²) in [6.07, 6.45) is -0.700. The van der Waals surface area contributed by atoms with Crippen molar-refractivity contribution in [3.8, 4) is 11.5 Å². The highest BCUT2D eigenvalue weighted by atomic mass is 16.7. The van der Waals surface area contributed by atoms with Crippen molar-refractivity contribution in [1.29, 1.82) is 0 Å². The molecule has 2 aromatic rings. The molecule has 3 heteroatoms. The van der Waals surface area contributed by atoms with Crippen LogP contribution in [-0.4, -0.2) is 6.16 Å². The van der Waals surface area contributed by atoms with E-state index in [1.54, 1.807) is 0 Å². The maximum absolute atomic E-state index is 13.3. The van der Waals surface area contributed by atoms with Crippen molar-refractivity contribution in [3.63, 3.8) is 0 Å². The van der Waals surface area contributed by atoms with E-state index in [-0.39, 0.29) is 21.7 Å². The molecule has 32 heavy (non-hydrogen) atoms. The molecule has 0 radical (unpaired) electrons. The Bertz CT molecular complexity index is 827. The Kier molecular flexibility index (Phi) is 6.96. The van der Waals surface area contributed by atoms with Crippen LogP contribution >= 0.6 is 0 Å². The molecule has 0 heterocycles. The van der Waals surface area contributed by atoms with Gasteiger partial charge >= 0.3 is 6.16 Å². The van der Waals surface area contributed by atoms with Crippen LogP contribution in [0.4, 0.5) is 4.79 Å². The molecule has 0 aliphatic heterocycles. The quantitative estimate of drug-likeness (QED) is 0.348. The molecule has 0 aromatic heterocycles. The summed E-state index contributed by atoms with van der Waals surface area (Å²) in [5.74, 6) is 1.20. The Labute approximate surface area is 195 Å². The molecule has 176 valence electrons. The molecule has 0 N–H and O–H groups in total. The van der Waals surface area contributed by atoms with Gasteiger partial charge in [-0.2, -0.15) is 0 Å². The van der Waals surface area contributed by atoms with Gasteiger partial charge in [-0.3, -0.25) is 0 Å². The number of carbonyl (C=O) groups is 1. The lowest BCUT2D eigenvalue weighted by Crippen LogP contribution is -2.26. The summed E-state index contributed by atoms with van der Waals surface area (Å²) in [5.41, 5.74) is 3.22. The van der Waals surface area contributed by atoms with Crippen LogP contribution in [-0.2, 0) is 21.7 Å². The first-order valence-electron chi connectivity index (χ1n) is 11.5. The van der Waals surface area contributed by atoms with Crippen molar-refractivity contribution in [3.05, 3.63) is 58.7 Å². The molecule has 2 aromatic carbocycles. The van der Waals surface area contributed by atoms with E-state index in [0.29, 0.717) is 11.5 Å². The zero-order chi connectivity index (χ0) is 24.7. The van der Waals surface area contributed by atoms with Crippen molar-refractivity contribution in [2.45, 2.75) is 105 Å². The van der Waals surface area contributed by atoms with Crippen LogP contribution in [0.2, 0.25) is 0 Å². The summed E-state index contributed by atoms with van der Waals surface area (Å²) >= 11 is 0. The number of hydrogen-bond acceptors (Lipinski definition) is 3. The molecule has 0 spiro atoms. The Morgan fingerprint density at radius 3 is 0.906 bits per heavy atom. The third kappa shape index (κ3) is 5.94. The fourth-order valence-corrected chi connectivity index (χ4v) is 3.84. The molecule has 0 aliphatic carbocycles. The summed E-state index contributed by atoms with van der Waals surface area (Å²) in [4.78, 5) is 13.3. The van der Waals surface area contributed by atoms with E-state index < -0.39 is 6.16 Å². The maximum atomic E-state index is 13.3. The average Bonchev–Trinajstić information content (AvgIpc) is 2.58. The number of para-hydroxylation sites is 2. The van der Waals surface area contributed by atoms with Crippen molar-refractivity contribution >= 4 is 6.16 Å². The van der Waals surface area contributed by atoms with Crippen LogP contribution in [0.25, 0.3) is 0 Å². The van der Waals surface area contributed by atoms with E-state index in [9.17, 15) is 4.79 Å². The molecule has 0 fully saturated rings. The molecule has 0 saturated heterocycles. The van der Waals surface area contributed by atoms with Gasteiger partial charge in [-0.15, -0.1) is 0 Å². The van der Waals surface area contributed by atoms with E-state index in [4.69, 9.17) is 9.47 Å². The van der Waals surface area contributed by atoms with Crippen LogP contribution in [0.1, 0.15) is 105 Å². The average molecular weight is 439 g/mol. The first-order valence-corrected chi connectivity index (χ1v) is 11.5. The normalized spacial score (nSPS) is 13.1. The number of hydrogen-bond donors (Lipinski definition) is 0. The highest BCUT2D eigenvalue weighted by molar-refractivity contribution is 5.71. The van der Waals surface area contributed by atoms with E-state index in [1.165, 1.54) is 0 Å². The first kappa shape index (κ1) is 26.0. The van der Waals surface area contributed by atoms with Crippen LogP contribution < -0.4 is 9.47 Å². The zero-order valence-electron chi connectivity index (χ0n) is 22.2. The van der Waals surface area contributed by atoms with Gasteiger partial charge in [0.15, 0.2) is 0 Å². The van der Waals surface area contributed by atoms with Gasteiger partial charge in [0.05, 0.1) is 0 Å². The monoisotopic (exact) mass is 438 g/mol. The Morgan fingerprint density at radius 2 is 0.719 bits per heavy atom. The lowest BCUT2D eigenvalue weighted by molar-refractivity contribution is 0.148. The Hall–Kier alpha value is -2.29. The number of benzene rings is 2. The first-order chi connectivity index (χ1) is 14.3. The molecule has 0 unspecified atom stereocenters. The highest BCUT2D eigenvalue weighted by Crippen LogP contribution is 2.42. The number of carbonyl (C=O) groups excluding carboxylic acids is 1. The number of rotatable bonds is 2. The third-order valence-corrected chi connectivity index (χ3v) is 5.63. The second kappa shape index (κ2) is 8.57. The summed E-state index contributed by atoms with van der Waals surface area (Å²) in [6, 6.07) is 12.2. The number of ether oxygens (including phenoxy) is 2. The van der Waals surface area contributed by atoms with Gasteiger partial charge in [0.25, 0.3) is 0 Å². The zero-order valence-corrected chi connectivity index (χ0v) is 22.2. The maximum Gasteiger partial charge on any atom is 0.519 e. The summed E-state index contributed by atoms with van der Waals surface area (Å²) in [5, 5.41) is 0. The van der Waals surface area contributed by atoms with E-state index in [1.807, 2.05) is 36.4 Å². The van der Waals surface area contributed by atoms with Crippen LogP contribution in [0.15, 0.2) is 36.4 Å². The minimum Gasteiger partial charge on any atom is -0.394 e. The van der Waals surface area contributed by atoms with Crippen LogP contribution in [0.3, 0.4) is 0 Å². The topological polar surface area (TPSA) is 35.5 Å². The molecular weight excluding hydrogens is 396 g/mol.